The molecule has 1 aliphatic heterocycles. The molecule has 152 valence electrons. The van der Waals surface area contributed by atoms with E-state index in [1.54, 1.807) is 36.7 Å². The molecule has 1 saturated heterocycles. The largest absolute Gasteiger partial charge is 0.507 e. The summed E-state index contributed by atoms with van der Waals surface area (Å²) in [6.45, 7) is 0.252. The number of carbonyl (C=O) groups excluding carboxylic acids is 2. The average molecular weight is 441 g/mol. The number of rotatable bonds is 5. The highest BCUT2D eigenvalue weighted by Gasteiger charge is 2.46. The number of nitrogens with zero attached hydrogens (tertiary/aromatic N) is 2. The molecule has 1 aromatic carbocycles. The molecule has 3 heterocycles. The molecule has 1 amide bonds. The molecule has 0 radical (unpaired) electrons. The third kappa shape index (κ3) is 3.58. The van der Waals surface area contributed by atoms with Crippen molar-refractivity contribution in [3.63, 3.8) is 0 Å². The summed E-state index contributed by atoms with van der Waals surface area (Å²) in [5.74, 6) is -1.26. The number of aromatic nitrogens is 1. The van der Waals surface area contributed by atoms with Crippen molar-refractivity contribution >= 4 is 40.4 Å². The normalized spacial score (nSPS) is 18.1. The maximum absolute atomic E-state index is 13.0. The minimum atomic E-state index is -0.762. The van der Waals surface area contributed by atoms with Crippen molar-refractivity contribution in [2.75, 3.05) is 7.11 Å². The highest BCUT2D eigenvalue weighted by atomic mass is 35.5. The van der Waals surface area contributed by atoms with Crippen molar-refractivity contribution in [2.45, 2.75) is 12.6 Å². The lowest BCUT2D eigenvalue weighted by molar-refractivity contribution is -0.140. The highest BCUT2D eigenvalue weighted by Crippen LogP contribution is 2.41. The number of aliphatic hydroxyl groups is 1. The fraction of sp³-hybridized carbons (Fsp3) is 0.136. The Hall–Kier alpha value is -3.16. The zero-order chi connectivity index (χ0) is 21.3. The van der Waals surface area contributed by atoms with Crippen LogP contribution in [0.2, 0.25) is 5.02 Å². The molecular weight excluding hydrogens is 424 g/mol. The minimum absolute atomic E-state index is 0.00536. The SMILES string of the molecule is COc1ccc(/C(O)=C2/C(=O)C(=O)N(Cc3cccs3)C2c2cccnc2)cc1Cl. The molecule has 0 saturated carbocycles. The number of ketones is 1. The van der Waals surface area contributed by atoms with Gasteiger partial charge < -0.3 is 14.7 Å². The Morgan fingerprint density at radius 2 is 2.10 bits per heavy atom. The van der Waals surface area contributed by atoms with Crippen LogP contribution in [0.1, 0.15) is 22.0 Å². The number of aliphatic hydroxyl groups excluding tert-OH is 1. The zero-order valence-electron chi connectivity index (χ0n) is 15.9. The number of pyridine rings is 1. The Morgan fingerprint density at radius 1 is 1.27 bits per heavy atom. The van der Waals surface area contributed by atoms with Crippen molar-refractivity contribution in [1.29, 1.82) is 0 Å². The van der Waals surface area contributed by atoms with Crippen LogP contribution in [0.5, 0.6) is 5.75 Å². The maximum atomic E-state index is 13.0. The van der Waals surface area contributed by atoms with Crippen LogP contribution in [0, 0.1) is 0 Å². The number of carbonyl (C=O) groups is 2. The van der Waals surface area contributed by atoms with Gasteiger partial charge in [0.25, 0.3) is 11.7 Å². The van der Waals surface area contributed by atoms with E-state index in [0.717, 1.165) is 4.88 Å². The van der Waals surface area contributed by atoms with Gasteiger partial charge in [-0.1, -0.05) is 23.7 Å². The number of hydrogen-bond donors (Lipinski definition) is 1. The molecule has 2 aromatic heterocycles. The van der Waals surface area contributed by atoms with Crippen LogP contribution in [0.25, 0.3) is 5.76 Å². The second-order valence-electron chi connectivity index (χ2n) is 6.64. The molecule has 1 N–H and O–H groups in total. The molecule has 1 atom stereocenters. The van der Waals surface area contributed by atoms with Gasteiger partial charge >= 0.3 is 0 Å². The van der Waals surface area contributed by atoms with E-state index >= 15 is 0 Å². The van der Waals surface area contributed by atoms with Crippen LogP contribution in [0.15, 0.2) is 65.8 Å². The molecule has 1 unspecified atom stereocenters. The van der Waals surface area contributed by atoms with Crippen molar-refractivity contribution < 1.29 is 19.4 Å². The van der Waals surface area contributed by atoms with Crippen LogP contribution in [-0.2, 0) is 16.1 Å². The van der Waals surface area contributed by atoms with Gasteiger partial charge in [0.15, 0.2) is 0 Å². The molecule has 6 nitrogen and oxygen atoms in total. The van der Waals surface area contributed by atoms with Gasteiger partial charge in [0.05, 0.1) is 30.3 Å². The van der Waals surface area contributed by atoms with E-state index in [9.17, 15) is 14.7 Å². The summed E-state index contributed by atoms with van der Waals surface area (Å²) in [4.78, 5) is 32.4. The van der Waals surface area contributed by atoms with Crippen LogP contribution in [-0.4, -0.2) is 33.8 Å². The second kappa shape index (κ2) is 8.30. The van der Waals surface area contributed by atoms with E-state index in [1.807, 2.05) is 17.5 Å². The molecule has 4 rings (SSSR count). The predicted octanol–water partition coefficient (Wildman–Crippen LogP) is 4.43. The Kier molecular flexibility index (Phi) is 5.57. The maximum Gasteiger partial charge on any atom is 0.295 e. The molecule has 1 aliphatic rings. The number of amides is 1. The van der Waals surface area contributed by atoms with Gasteiger partial charge in [0.1, 0.15) is 11.5 Å². The predicted molar refractivity (Wildman–Crippen MR) is 114 cm³/mol. The Bertz CT molecular complexity index is 1130. The first-order valence-electron chi connectivity index (χ1n) is 9.06. The van der Waals surface area contributed by atoms with Crippen LogP contribution in [0.3, 0.4) is 0 Å². The minimum Gasteiger partial charge on any atom is -0.507 e. The summed E-state index contributed by atoms with van der Waals surface area (Å²) < 4.78 is 5.14. The molecule has 1 fully saturated rings. The number of benzene rings is 1. The summed E-state index contributed by atoms with van der Waals surface area (Å²) in [5.41, 5.74) is 0.962. The van der Waals surface area contributed by atoms with Gasteiger partial charge in [-0.05, 0) is 41.3 Å². The van der Waals surface area contributed by atoms with Gasteiger partial charge in [0, 0.05) is 22.8 Å². The van der Waals surface area contributed by atoms with Crippen molar-refractivity contribution in [1.82, 2.24) is 9.88 Å². The van der Waals surface area contributed by atoms with Gasteiger partial charge in [-0.3, -0.25) is 14.6 Å². The van der Waals surface area contributed by atoms with Gasteiger partial charge in [-0.2, -0.15) is 0 Å². The summed E-state index contributed by atoms with van der Waals surface area (Å²) in [6.07, 6.45) is 3.20. The van der Waals surface area contributed by atoms with Crippen LogP contribution in [0.4, 0.5) is 0 Å². The quantitative estimate of drug-likeness (QED) is 0.360. The van der Waals surface area contributed by atoms with E-state index < -0.39 is 17.7 Å². The third-order valence-corrected chi connectivity index (χ3v) is 6.03. The smallest absolute Gasteiger partial charge is 0.295 e. The molecule has 30 heavy (non-hydrogen) atoms. The first-order chi connectivity index (χ1) is 14.5. The number of likely N-dealkylation sites (tertiary alicyclic amines) is 1. The summed E-state index contributed by atoms with van der Waals surface area (Å²) in [5, 5.41) is 13.2. The van der Waals surface area contributed by atoms with Crippen LogP contribution < -0.4 is 4.74 Å². The second-order valence-corrected chi connectivity index (χ2v) is 8.08. The number of methoxy groups -OCH3 is 1. The van der Waals surface area contributed by atoms with Crippen molar-refractivity contribution in [3.8, 4) is 5.75 Å². The molecular formula is C22H17ClN2O4S. The Morgan fingerprint density at radius 3 is 2.73 bits per heavy atom. The standard InChI is InChI=1S/C22H17ClN2O4S/c1-29-17-7-6-13(10-16(17)23)20(26)18-19(14-4-2-8-24-11-14)25(22(28)21(18)27)12-15-5-3-9-30-15/h2-11,19,26H,12H2,1H3/b20-18-. The number of thiophene rings is 1. The van der Waals surface area contributed by atoms with Crippen molar-refractivity contribution in [3.05, 3.63) is 86.8 Å². The monoisotopic (exact) mass is 440 g/mol. The molecule has 8 heteroatoms. The van der Waals surface area contributed by atoms with E-state index in [0.29, 0.717) is 16.9 Å². The Labute approximate surface area is 182 Å². The topological polar surface area (TPSA) is 79.7 Å². The van der Waals surface area contributed by atoms with Gasteiger partial charge in [-0.25, -0.2) is 0 Å². The van der Waals surface area contributed by atoms with E-state index in [-0.39, 0.29) is 22.9 Å². The van der Waals surface area contributed by atoms with Crippen molar-refractivity contribution in [2.24, 2.45) is 0 Å². The van der Waals surface area contributed by atoms with E-state index in [1.165, 1.54) is 29.4 Å². The molecule has 0 aliphatic carbocycles. The fourth-order valence-electron chi connectivity index (χ4n) is 3.47. The van der Waals surface area contributed by atoms with Gasteiger partial charge in [0.2, 0.25) is 0 Å². The number of Topliss-reactive ketones (excluding diaryl/α,β-unsaturated/α-hetero) is 1. The highest BCUT2D eigenvalue weighted by molar-refractivity contribution is 7.09. The average Bonchev–Trinajstić information content (AvgIpc) is 3.36. The van der Waals surface area contributed by atoms with Gasteiger partial charge in [-0.15, -0.1) is 11.3 Å². The molecule has 3 aromatic rings. The van der Waals surface area contributed by atoms with Crippen LogP contribution >= 0.6 is 22.9 Å². The molecule has 0 bridgehead atoms. The Balaban J connectivity index is 1.85. The van der Waals surface area contributed by atoms with E-state index in [2.05, 4.69) is 4.98 Å². The first-order valence-corrected chi connectivity index (χ1v) is 10.3. The fourth-order valence-corrected chi connectivity index (χ4v) is 4.43. The zero-order valence-corrected chi connectivity index (χ0v) is 17.5. The lowest BCUT2D eigenvalue weighted by Gasteiger charge is -2.24. The molecule has 0 spiro atoms. The lowest BCUT2D eigenvalue weighted by Crippen LogP contribution is -2.28. The summed E-state index contributed by atoms with van der Waals surface area (Å²) >= 11 is 7.68. The summed E-state index contributed by atoms with van der Waals surface area (Å²) in [6, 6.07) is 11.2. The van der Waals surface area contributed by atoms with E-state index in [4.69, 9.17) is 16.3 Å². The summed E-state index contributed by atoms with van der Waals surface area (Å²) in [7, 11) is 1.49. The lowest BCUT2D eigenvalue weighted by atomic mass is 9.96. The third-order valence-electron chi connectivity index (χ3n) is 4.87. The number of halogens is 1. The number of ether oxygens (including phenoxy) is 1. The number of hydrogen-bond acceptors (Lipinski definition) is 6. The first kappa shape index (κ1) is 20.1.